The SMILES string of the molecule is Cc1ccc(C(C)NC(=O)c2ccc(NS(C)(=O)=O)cc2)o1. The van der Waals surface area contributed by atoms with Crippen LogP contribution in [0.4, 0.5) is 5.69 Å². The van der Waals surface area contributed by atoms with E-state index in [1.807, 2.05) is 26.0 Å². The van der Waals surface area contributed by atoms with Gasteiger partial charge in [-0.25, -0.2) is 8.42 Å². The van der Waals surface area contributed by atoms with Gasteiger partial charge < -0.3 is 9.73 Å². The van der Waals surface area contributed by atoms with E-state index in [9.17, 15) is 13.2 Å². The van der Waals surface area contributed by atoms with Gasteiger partial charge in [0.05, 0.1) is 12.3 Å². The first kappa shape index (κ1) is 16.1. The molecule has 0 aliphatic rings. The minimum absolute atomic E-state index is 0.255. The monoisotopic (exact) mass is 322 g/mol. The van der Waals surface area contributed by atoms with E-state index < -0.39 is 10.0 Å². The largest absolute Gasteiger partial charge is 0.464 e. The van der Waals surface area contributed by atoms with E-state index in [2.05, 4.69) is 10.0 Å². The minimum Gasteiger partial charge on any atom is -0.464 e. The summed E-state index contributed by atoms with van der Waals surface area (Å²) in [4.78, 5) is 12.1. The summed E-state index contributed by atoms with van der Waals surface area (Å²) in [6, 6.07) is 9.60. The van der Waals surface area contributed by atoms with Crippen LogP contribution in [0.5, 0.6) is 0 Å². The summed E-state index contributed by atoms with van der Waals surface area (Å²) in [5.41, 5.74) is 0.850. The number of hydrogen-bond donors (Lipinski definition) is 2. The van der Waals surface area contributed by atoms with Crippen molar-refractivity contribution in [1.82, 2.24) is 5.32 Å². The summed E-state index contributed by atoms with van der Waals surface area (Å²) in [6.07, 6.45) is 1.07. The lowest BCUT2D eigenvalue weighted by Crippen LogP contribution is -2.26. The molecule has 2 N–H and O–H groups in total. The summed E-state index contributed by atoms with van der Waals surface area (Å²) < 4.78 is 30.1. The molecular weight excluding hydrogens is 304 g/mol. The average Bonchev–Trinajstić information content (AvgIpc) is 2.84. The van der Waals surface area contributed by atoms with Crippen LogP contribution >= 0.6 is 0 Å². The quantitative estimate of drug-likeness (QED) is 0.885. The molecule has 1 atom stereocenters. The van der Waals surface area contributed by atoms with E-state index in [0.29, 0.717) is 17.0 Å². The van der Waals surface area contributed by atoms with Gasteiger partial charge in [-0.05, 0) is 50.2 Å². The van der Waals surface area contributed by atoms with Crippen LogP contribution in [0, 0.1) is 6.92 Å². The van der Waals surface area contributed by atoms with Crippen molar-refractivity contribution in [3.8, 4) is 0 Å². The molecule has 2 aromatic rings. The van der Waals surface area contributed by atoms with Gasteiger partial charge in [0.2, 0.25) is 10.0 Å². The predicted octanol–water partition coefficient (Wildman–Crippen LogP) is 2.45. The van der Waals surface area contributed by atoms with Gasteiger partial charge in [-0.3, -0.25) is 9.52 Å². The van der Waals surface area contributed by atoms with Gasteiger partial charge in [-0.2, -0.15) is 0 Å². The molecule has 6 nitrogen and oxygen atoms in total. The molecule has 1 aromatic carbocycles. The van der Waals surface area contributed by atoms with E-state index in [1.165, 1.54) is 12.1 Å². The van der Waals surface area contributed by atoms with Crippen LogP contribution in [0.1, 0.15) is 34.8 Å². The molecule has 0 aliphatic heterocycles. The summed E-state index contributed by atoms with van der Waals surface area (Å²) in [5.74, 6) is 1.21. The van der Waals surface area contributed by atoms with Crippen LogP contribution in [0.2, 0.25) is 0 Å². The van der Waals surface area contributed by atoms with Crippen molar-refractivity contribution >= 4 is 21.6 Å². The van der Waals surface area contributed by atoms with Crippen molar-refractivity contribution < 1.29 is 17.6 Å². The smallest absolute Gasteiger partial charge is 0.251 e. The zero-order chi connectivity index (χ0) is 16.3. The second-order valence-corrected chi connectivity index (χ2v) is 6.84. The number of rotatable bonds is 5. The molecule has 1 amide bonds. The first-order chi connectivity index (χ1) is 10.2. The number of aryl methyl sites for hydroxylation is 1. The van der Waals surface area contributed by atoms with Crippen LogP contribution in [-0.2, 0) is 10.0 Å². The maximum Gasteiger partial charge on any atom is 0.251 e. The highest BCUT2D eigenvalue weighted by Gasteiger charge is 2.14. The highest BCUT2D eigenvalue weighted by atomic mass is 32.2. The van der Waals surface area contributed by atoms with Gasteiger partial charge in [-0.15, -0.1) is 0 Å². The third kappa shape index (κ3) is 4.36. The maximum atomic E-state index is 12.1. The molecule has 0 saturated heterocycles. The third-order valence-electron chi connectivity index (χ3n) is 2.99. The van der Waals surface area contributed by atoms with Crippen LogP contribution in [0.25, 0.3) is 0 Å². The zero-order valence-corrected chi connectivity index (χ0v) is 13.4. The van der Waals surface area contributed by atoms with Crippen LogP contribution in [-0.4, -0.2) is 20.6 Å². The number of carbonyl (C=O) groups is 1. The van der Waals surface area contributed by atoms with Gasteiger partial charge in [-0.1, -0.05) is 0 Å². The van der Waals surface area contributed by atoms with Crippen molar-refractivity contribution in [2.75, 3.05) is 11.0 Å². The summed E-state index contributed by atoms with van der Waals surface area (Å²) in [7, 11) is -3.33. The molecular formula is C15H18N2O4S. The highest BCUT2D eigenvalue weighted by molar-refractivity contribution is 7.92. The molecule has 7 heteroatoms. The average molecular weight is 322 g/mol. The number of carbonyl (C=O) groups excluding carboxylic acids is 1. The number of furan rings is 1. The van der Waals surface area contributed by atoms with Crippen molar-refractivity contribution in [2.24, 2.45) is 0 Å². The van der Waals surface area contributed by atoms with Crippen LogP contribution in [0.3, 0.4) is 0 Å². The Morgan fingerprint density at radius 2 is 1.77 bits per heavy atom. The second-order valence-electron chi connectivity index (χ2n) is 5.10. The molecule has 1 aromatic heterocycles. The van der Waals surface area contributed by atoms with Gasteiger partial charge in [0.1, 0.15) is 11.5 Å². The number of hydrogen-bond acceptors (Lipinski definition) is 4. The van der Waals surface area contributed by atoms with Crippen molar-refractivity contribution in [2.45, 2.75) is 19.9 Å². The van der Waals surface area contributed by atoms with Gasteiger partial charge in [0.15, 0.2) is 0 Å². The van der Waals surface area contributed by atoms with Gasteiger partial charge in [0, 0.05) is 11.3 Å². The molecule has 1 heterocycles. The Hall–Kier alpha value is -2.28. The molecule has 118 valence electrons. The van der Waals surface area contributed by atoms with E-state index in [0.717, 1.165) is 12.0 Å². The fourth-order valence-electron chi connectivity index (χ4n) is 1.94. The van der Waals surface area contributed by atoms with Crippen molar-refractivity contribution in [3.05, 3.63) is 53.5 Å². The highest BCUT2D eigenvalue weighted by Crippen LogP contribution is 2.17. The number of amides is 1. The fourth-order valence-corrected chi connectivity index (χ4v) is 2.51. The normalized spacial score (nSPS) is 12.7. The molecule has 0 aliphatic carbocycles. The lowest BCUT2D eigenvalue weighted by atomic mass is 10.1. The van der Waals surface area contributed by atoms with Gasteiger partial charge in [0.25, 0.3) is 5.91 Å². The van der Waals surface area contributed by atoms with Crippen molar-refractivity contribution in [3.63, 3.8) is 0 Å². The fraction of sp³-hybridized carbons (Fsp3) is 0.267. The first-order valence-corrected chi connectivity index (χ1v) is 8.59. The summed E-state index contributed by atoms with van der Waals surface area (Å²) in [6.45, 7) is 3.67. The lowest BCUT2D eigenvalue weighted by molar-refractivity contribution is 0.0935. The van der Waals surface area contributed by atoms with E-state index in [-0.39, 0.29) is 11.9 Å². The number of anilines is 1. The molecule has 22 heavy (non-hydrogen) atoms. The maximum absolute atomic E-state index is 12.1. The number of nitrogens with one attached hydrogen (secondary N) is 2. The third-order valence-corrected chi connectivity index (χ3v) is 3.59. The van der Waals surface area contributed by atoms with E-state index in [4.69, 9.17) is 4.42 Å². The molecule has 2 rings (SSSR count). The number of benzene rings is 1. The van der Waals surface area contributed by atoms with Crippen LogP contribution < -0.4 is 10.0 Å². The topological polar surface area (TPSA) is 88.4 Å². The van der Waals surface area contributed by atoms with Crippen molar-refractivity contribution in [1.29, 1.82) is 0 Å². The molecule has 0 saturated carbocycles. The zero-order valence-electron chi connectivity index (χ0n) is 12.6. The number of sulfonamides is 1. The Bertz CT molecular complexity index is 763. The molecule has 0 spiro atoms. The van der Waals surface area contributed by atoms with Gasteiger partial charge >= 0.3 is 0 Å². The Labute approximate surface area is 129 Å². The lowest BCUT2D eigenvalue weighted by Gasteiger charge is -2.12. The molecule has 1 unspecified atom stereocenters. The molecule has 0 fully saturated rings. The van der Waals surface area contributed by atoms with E-state index in [1.54, 1.807) is 12.1 Å². The Kier molecular flexibility index (Phi) is 4.56. The molecule has 0 radical (unpaired) electrons. The Morgan fingerprint density at radius 3 is 2.27 bits per heavy atom. The second kappa shape index (κ2) is 6.23. The standard InChI is InChI=1S/C15H18N2O4S/c1-10-4-9-14(21-10)11(2)16-15(18)12-5-7-13(8-6-12)17-22(3,19)20/h4-9,11,17H,1-3H3,(H,16,18). The predicted molar refractivity (Wildman–Crippen MR) is 84.2 cm³/mol. The van der Waals surface area contributed by atoms with Crippen LogP contribution in [0.15, 0.2) is 40.8 Å². The summed E-state index contributed by atoms with van der Waals surface area (Å²) in [5, 5.41) is 2.82. The first-order valence-electron chi connectivity index (χ1n) is 6.69. The Balaban J connectivity index is 2.03. The minimum atomic E-state index is -3.33. The molecule has 0 bridgehead atoms. The van der Waals surface area contributed by atoms with E-state index >= 15 is 0 Å². The Morgan fingerprint density at radius 1 is 1.14 bits per heavy atom. The summed E-state index contributed by atoms with van der Waals surface area (Å²) >= 11 is 0.